The number of Topliss-reactive ketones (excluding diaryl/α,β-unsaturated/α-hetero) is 2. The van der Waals surface area contributed by atoms with Crippen LogP contribution in [0.3, 0.4) is 0 Å². The summed E-state index contributed by atoms with van der Waals surface area (Å²) in [5.41, 5.74) is 0.110. The molecule has 0 bridgehead atoms. The van der Waals surface area contributed by atoms with E-state index in [2.05, 4.69) is 0 Å². The van der Waals surface area contributed by atoms with Crippen LogP contribution in [0.5, 0.6) is 0 Å². The molecule has 0 radical (unpaired) electrons. The summed E-state index contributed by atoms with van der Waals surface area (Å²) in [5, 5.41) is 19.0. The van der Waals surface area contributed by atoms with Crippen LogP contribution in [0.25, 0.3) is 0 Å². The van der Waals surface area contributed by atoms with Crippen LogP contribution in [0.15, 0.2) is 58.3 Å². The van der Waals surface area contributed by atoms with Gasteiger partial charge in [0.05, 0.1) is 0 Å². The second-order valence-electron chi connectivity index (χ2n) is 4.45. The molecule has 0 atom stereocenters. The monoisotopic (exact) mass is 286 g/mol. The average molecular weight is 286 g/mol. The third kappa shape index (κ3) is 1.96. The number of carbonyl (C=O) groups is 2. The number of carbonyl (C=O) groups excluding carboxylic acids is 2. The van der Waals surface area contributed by atoms with Crippen molar-refractivity contribution in [2.24, 2.45) is 0 Å². The second kappa shape index (κ2) is 4.56. The summed E-state index contributed by atoms with van der Waals surface area (Å²) < 4.78 is 0. The molecule has 0 amide bonds. The first-order valence-corrected chi connectivity index (χ1v) is 6.73. The van der Waals surface area contributed by atoms with Crippen LogP contribution in [-0.4, -0.2) is 27.6 Å². The van der Waals surface area contributed by atoms with Gasteiger partial charge in [0, 0.05) is 20.9 Å². The zero-order chi connectivity index (χ0) is 14.3. The predicted molar refractivity (Wildman–Crippen MR) is 72.8 cm³/mol. The Balaban J connectivity index is 1.98. The summed E-state index contributed by atoms with van der Waals surface area (Å²) in [7, 11) is 0. The minimum Gasteiger partial charge on any atom is -0.353 e. The van der Waals surface area contributed by atoms with Crippen LogP contribution >= 0.6 is 11.8 Å². The first kappa shape index (κ1) is 13.1. The van der Waals surface area contributed by atoms with Gasteiger partial charge in [0.15, 0.2) is 0 Å². The number of ketones is 2. The van der Waals surface area contributed by atoms with E-state index in [0.717, 1.165) is 9.79 Å². The standard InChI is InChI=1S/C15H10O4S/c16-13-11-7-6-10(20-9-4-2-1-3-5-9)8-12(11)14(17)15(13,18)19/h1-8,18-19H. The Morgan fingerprint density at radius 1 is 0.800 bits per heavy atom. The fourth-order valence-corrected chi connectivity index (χ4v) is 2.95. The van der Waals surface area contributed by atoms with Crippen molar-refractivity contribution in [1.82, 2.24) is 0 Å². The van der Waals surface area contributed by atoms with Crippen molar-refractivity contribution in [1.29, 1.82) is 0 Å². The first-order valence-electron chi connectivity index (χ1n) is 5.91. The van der Waals surface area contributed by atoms with Gasteiger partial charge in [0.1, 0.15) is 0 Å². The minimum absolute atomic E-state index is 0.0532. The SMILES string of the molecule is O=C1c2ccc(Sc3ccccc3)cc2C(=O)C1(O)O. The molecule has 0 heterocycles. The number of fused-ring (bicyclic) bond motifs is 1. The van der Waals surface area contributed by atoms with Gasteiger partial charge < -0.3 is 10.2 Å². The van der Waals surface area contributed by atoms with Gasteiger partial charge in [0.25, 0.3) is 5.79 Å². The molecule has 4 nitrogen and oxygen atoms in total. The highest BCUT2D eigenvalue weighted by Gasteiger charge is 2.50. The normalized spacial score (nSPS) is 16.3. The molecule has 100 valence electrons. The molecule has 20 heavy (non-hydrogen) atoms. The van der Waals surface area contributed by atoms with Crippen molar-refractivity contribution in [3.8, 4) is 0 Å². The number of benzene rings is 2. The lowest BCUT2D eigenvalue weighted by atomic mass is 10.1. The minimum atomic E-state index is -2.92. The molecule has 0 saturated heterocycles. The van der Waals surface area contributed by atoms with E-state index in [4.69, 9.17) is 0 Å². The van der Waals surface area contributed by atoms with Crippen LogP contribution < -0.4 is 0 Å². The van der Waals surface area contributed by atoms with E-state index in [1.807, 2.05) is 30.3 Å². The van der Waals surface area contributed by atoms with Gasteiger partial charge in [-0.1, -0.05) is 30.0 Å². The summed E-state index contributed by atoms with van der Waals surface area (Å²) in [6.07, 6.45) is 0. The Morgan fingerprint density at radius 3 is 2.15 bits per heavy atom. The Labute approximate surface area is 119 Å². The largest absolute Gasteiger partial charge is 0.353 e. The third-order valence-corrected chi connectivity index (χ3v) is 4.09. The van der Waals surface area contributed by atoms with Crippen molar-refractivity contribution in [3.63, 3.8) is 0 Å². The Kier molecular flexibility index (Phi) is 2.97. The fraction of sp³-hybridized carbons (Fsp3) is 0.0667. The van der Waals surface area contributed by atoms with Crippen LogP contribution in [0.4, 0.5) is 0 Å². The summed E-state index contributed by atoms with van der Waals surface area (Å²) in [6.45, 7) is 0. The smallest absolute Gasteiger partial charge is 0.295 e. The molecule has 3 rings (SSSR count). The van der Waals surface area contributed by atoms with E-state index in [0.29, 0.717) is 0 Å². The van der Waals surface area contributed by atoms with Gasteiger partial charge in [-0.25, -0.2) is 0 Å². The van der Waals surface area contributed by atoms with Crippen molar-refractivity contribution in [2.75, 3.05) is 0 Å². The summed E-state index contributed by atoms with van der Waals surface area (Å²) in [4.78, 5) is 25.2. The molecule has 1 aliphatic carbocycles. The second-order valence-corrected chi connectivity index (χ2v) is 5.60. The Bertz CT molecular complexity index is 707. The maximum atomic E-state index is 11.8. The van der Waals surface area contributed by atoms with Crippen molar-refractivity contribution in [2.45, 2.75) is 15.6 Å². The van der Waals surface area contributed by atoms with E-state index in [-0.39, 0.29) is 11.1 Å². The van der Waals surface area contributed by atoms with Gasteiger partial charge in [-0.15, -0.1) is 0 Å². The quantitative estimate of drug-likeness (QED) is 0.651. The first-order chi connectivity index (χ1) is 9.50. The maximum absolute atomic E-state index is 11.8. The summed E-state index contributed by atoms with van der Waals surface area (Å²) in [5.74, 6) is -4.85. The van der Waals surface area contributed by atoms with Crippen molar-refractivity contribution in [3.05, 3.63) is 59.7 Å². The molecule has 2 aromatic rings. The molecule has 0 fully saturated rings. The van der Waals surface area contributed by atoms with Gasteiger partial charge in [-0.3, -0.25) is 9.59 Å². The van der Waals surface area contributed by atoms with Crippen LogP contribution in [-0.2, 0) is 0 Å². The topological polar surface area (TPSA) is 74.6 Å². The number of hydrogen-bond acceptors (Lipinski definition) is 5. The zero-order valence-electron chi connectivity index (χ0n) is 10.2. The van der Waals surface area contributed by atoms with Crippen LogP contribution in [0, 0.1) is 0 Å². The molecular formula is C15H10O4S. The lowest BCUT2D eigenvalue weighted by Gasteiger charge is -2.08. The summed E-state index contributed by atoms with van der Waals surface area (Å²) in [6, 6.07) is 14.2. The molecular weight excluding hydrogens is 276 g/mol. The van der Waals surface area contributed by atoms with Gasteiger partial charge in [0.2, 0.25) is 11.6 Å². The molecule has 0 spiro atoms. The van der Waals surface area contributed by atoms with E-state index in [9.17, 15) is 19.8 Å². The fourth-order valence-electron chi connectivity index (χ4n) is 2.08. The number of rotatable bonds is 2. The van der Waals surface area contributed by atoms with E-state index >= 15 is 0 Å². The molecule has 1 aliphatic rings. The number of aliphatic hydroxyl groups is 2. The van der Waals surface area contributed by atoms with Crippen LogP contribution in [0.1, 0.15) is 20.7 Å². The van der Waals surface area contributed by atoms with Crippen molar-refractivity contribution >= 4 is 23.3 Å². The molecule has 2 aromatic carbocycles. The Morgan fingerprint density at radius 2 is 1.45 bits per heavy atom. The highest BCUT2D eigenvalue weighted by Crippen LogP contribution is 2.34. The van der Waals surface area contributed by atoms with Gasteiger partial charge in [-0.05, 0) is 30.3 Å². The van der Waals surface area contributed by atoms with Gasteiger partial charge in [-0.2, -0.15) is 0 Å². The molecule has 5 heteroatoms. The molecule has 0 unspecified atom stereocenters. The highest BCUT2D eigenvalue weighted by atomic mass is 32.2. The van der Waals surface area contributed by atoms with E-state index in [1.54, 1.807) is 6.07 Å². The third-order valence-electron chi connectivity index (χ3n) is 3.09. The average Bonchev–Trinajstić information content (AvgIpc) is 2.62. The molecule has 0 saturated carbocycles. The summed E-state index contributed by atoms with van der Waals surface area (Å²) >= 11 is 1.43. The molecule has 2 N–H and O–H groups in total. The lowest BCUT2D eigenvalue weighted by Crippen LogP contribution is -2.40. The van der Waals surface area contributed by atoms with E-state index < -0.39 is 17.4 Å². The highest BCUT2D eigenvalue weighted by molar-refractivity contribution is 7.99. The molecule has 0 aliphatic heterocycles. The zero-order valence-corrected chi connectivity index (χ0v) is 11.1. The van der Waals surface area contributed by atoms with E-state index in [1.165, 1.54) is 23.9 Å². The molecule has 0 aromatic heterocycles. The van der Waals surface area contributed by atoms with Crippen molar-refractivity contribution < 1.29 is 19.8 Å². The maximum Gasteiger partial charge on any atom is 0.295 e. The lowest BCUT2D eigenvalue weighted by molar-refractivity contribution is -0.0857. The number of hydrogen-bond donors (Lipinski definition) is 2. The predicted octanol–water partition coefficient (Wildman–Crippen LogP) is 1.90. The van der Waals surface area contributed by atoms with Gasteiger partial charge >= 0.3 is 0 Å². The van der Waals surface area contributed by atoms with Crippen LogP contribution in [0.2, 0.25) is 0 Å². The Hall–Kier alpha value is -1.95.